The quantitative estimate of drug-likeness (QED) is 0.519. The maximum absolute atomic E-state index is 8.85. The van der Waals surface area contributed by atoms with E-state index in [1.54, 1.807) is 0 Å². The second kappa shape index (κ2) is 2.49. The van der Waals surface area contributed by atoms with E-state index < -0.39 is 0 Å². The average Bonchev–Trinajstić information content (AvgIpc) is 2.54. The maximum Gasteiger partial charge on any atom is 0.0672 e. The molecule has 0 aromatic rings. The standard InChI is InChI=1S/C9H14N2/c1-11-5-4-7-2-3-8(6-10)9(7)11/h7-9H,2-5H2,1H3/t7-,8-,9+/m0/s1. The number of rotatable bonds is 0. The van der Waals surface area contributed by atoms with Crippen LogP contribution in [0.4, 0.5) is 0 Å². The van der Waals surface area contributed by atoms with Gasteiger partial charge in [0.15, 0.2) is 0 Å². The highest BCUT2D eigenvalue weighted by Gasteiger charge is 2.42. The molecular weight excluding hydrogens is 136 g/mol. The number of likely N-dealkylation sites (tertiary alicyclic amines) is 1. The molecular formula is C9H14N2. The largest absolute Gasteiger partial charge is 0.302 e. The molecule has 2 heteroatoms. The number of nitrogens with zero attached hydrogens (tertiary/aromatic N) is 2. The molecule has 1 saturated heterocycles. The van der Waals surface area contributed by atoms with Crippen LogP contribution in [0.2, 0.25) is 0 Å². The van der Waals surface area contributed by atoms with Crippen LogP contribution in [0.15, 0.2) is 0 Å². The van der Waals surface area contributed by atoms with E-state index in [4.69, 9.17) is 5.26 Å². The highest BCUT2D eigenvalue weighted by atomic mass is 15.2. The van der Waals surface area contributed by atoms with Crippen molar-refractivity contribution < 1.29 is 0 Å². The van der Waals surface area contributed by atoms with Gasteiger partial charge in [-0.3, -0.25) is 0 Å². The van der Waals surface area contributed by atoms with E-state index in [2.05, 4.69) is 18.0 Å². The van der Waals surface area contributed by atoms with Gasteiger partial charge in [-0.25, -0.2) is 0 Å². The third-order valence-electron chi connectivity index (χ3n) is 3.27. The van der Waals surface area contributed by atoms with Crippen molar-refractivity contribution in [2.24, 2.45) is 11.8 Å². The molecule has 1 aliphatic carbocycles. The summed E-state index contributed by atoms with van der Waals surface area (Å²) in [6, 6.07) is 3.02. The lowest BCUT2D eigenvalue weighted by atomic mass is 10.0. The minimum absolute atomic E-state index is 0.326. The summed E-state index contributed by atoms with van der Waals surface area (Å²) in [5.41, 5.74) is 0. The van der Waals surface area contributed by atoms with Crippen molar-refractivity contribution in [2.45, 2.75) is 25.3 Å². The van der Waals surface area contributed by atoms with E-state index in [9.17, 15) is 0 Å². The Morgan fingerprint density at radius 3 is 2.91 bits per heavy atom. The Kier molecular flexibility index (Phi) is 1.61. The molecule has 2 fully saturated rings. The Balaban J connectivity index is 2.15. The predicted octanol–water partition coefficient (Wildman–Crippen LogP) is 1.24. The first-order valence-electron chi connectivity index (χ1n) is 4.43. The van der Waals surface area contributed by atoms with E-state index in [1.807, 2.05) is 0 Å². The summed E-state index contributed by atoms with van der Waals surface area (Å²) >= 11 is 0. The van der Waals surface area contributed by atoms with E-state index in [-0.39, 0.29) is 0 Å². The SMILES string of the molecule is CN1CC[C@@H]2CC[C@@H](C#N)[C@@H]21. The minimum Gasteiger partial charge on any atom is -0.302 e. The van der Waals surface area contributed by atoms with Crippen LogP contribution in [-0.4, -0.2) is 24.5 Å². The molecule has 0 N–H and O–H groups in total. The van der Waals surface area contributed by atoms with Crippen LogP contribution in [0.5, 0.6) is 0 Å². The average molecular weight is 150 g/mol. The molecule has 3 atom stereocenters. The molecule has 0 bridgehead atoms. The van der Waals surface area contributed by atoms with Gasteiger partial charge < -0.3 is 4.90 Å². The fourth-order valence-corrected chi connectivity index (χ4v) is 2.71. The molecule has 2 nitrogen and oxygen atoms in total. The van der Waals surface area contributed by atoms with Gasteiger partial charge in [-0.15, -0.1) is 0 Å². The highest BCUT2D eigenvalue weighted by Crippen LogP contribution is 2.40. The Bertz CT molecular complexity index is 194. The summed E-state index contributed by atoms with van der Waals surface area (Å²) in [4.78, 5) is 2.37. The fourth-order valence-electron chi connectivity index (χ4n) is 2.71. The predicted molar refractivity (Wildman–Crippen MR) is 42.9 cm³/mol. The van der Waals surface area contributed by atoms with Crippen LogP contribution in [0, 0.1) is 23.2 Å². The zero-order valence-corrected chi connectivity index (χ0v) is 6.95. The maximum atomic E-state index is 8.85. The van der Waals surface area contributed by atoms with Crippen molar-refractivity contribution in [1.29, 1.82) is 5.26 Å². The van der Waals surface area contributed by atoms with Crippen molar-refractivity contribution >= 4 is 0 Å². The highest BCUT2D eigenvalue weighted by molar-refractivity contribution is 5.03. The van der Waals surface area contributed by atoms with Crippen molar-refractivity contribution in [3.63, 3.8) is 0 Å². The topological polar surface area (TPSA) is 27.0 Å². The smallest absolute Gasteiger partial charge is 0.0672 e. The van der Waals surface area contributed by atoms with E-state index in [1.165, 1.54) is 19.4 Å². The summed E-state index contributed by atoms with van der Waals surface area (Å²) in [5.74, 6) is 1.16. The third kappa shape index (κ3) is 0.954. The molecule has 11 heavy (non-hydrogen) atoms. The van der Waals surface area contributed by atoms with Crippen LogP contribution in [0.3, 0.4) is 0 Å². The van der Waals surface area contributed by atoms with Gasteiger partial charge in [0.25, 0.3) is 0 Å². The summed E-state index contributed by atoms with van der Waals surface area (Å²) in [5, 5.41) is 8.85. The van der Waals surface area contributed by atoms with Crippen molar-refractivity contribution in [3.05, 3.63) is 0 Å². The first-order valence-corrected chi connectivity index (χ1v) is 4.43. The van der Waals surface area contributed by atoms with Gasteiger partial charge in [0.2, 0.25) is 0 Å². The second-order valence-corrected chi connectivity index (χ2v) is 3.83. The van der Waals surface area contributed by atoms with Crippen molar-refractivity contribution in [2.75, 3.05) is 13.6 Å². The molecule has 0 aromatic heterocycles. The summed E-state index contributed by atoms with van der Waals surface area (Å²) in [7, 11) is 2.15. The molecule has 1 aliphatic heterocycles. The van der Waals surface area contributed by atoms with Crippen molar-refractivity contribution in [3.8, 4) is 6.07 Å². The number of hydrogen-bond donors (Lipinski definition) is 0. The zero-order chi connectivity index (χ0) is 7.84. The summed E-state index contributed by atoms with van der Waals surface area (Å²) < 4.78 is 0. The van der Waals surface area contributed by atoms with Gasteiger partial charge >= 0.3 is 0 Å². The minimum atomic E-state index is 0.326. The number of nitriles is 1. The van der Waals surface area contributed by atoms with E-state index >= 15 is 0 Å². The molecule has 0 spiro atoms. The van der Waals surface area contributed by atoms with Gasteiger partial charge in [-0.2, -0.15) is 5.26 Å². The lowest BCUT2D eigenvalue weighted by Gasteiger charge is -2.20. The molecule has 1 saturated carbocycles. The van der Waals surface area contributed by atoms with Gasteiger partial charge in [0, 0.05) is 6.04 Å². The molecule has 0 amide bonds. The van der Waals surface area contributed by atoms with Crippen LogP contribution in [0.25, 0.3) is 0 Å². The van der Waals surface area contributed by atoms with Crippen LogP contribution < -0.4 is 0 Å². The number of hydrogen-bond acceptors (Lipinski definition) is 2. The number of fused-ring (bicyclic) bond motifs is 1. The molecule has 0 aromatic carbocycles. The molecule has 0 radical (unpaired) electrons. The molecule has 2 aliphatic rings. The van der Waals surface area contributed by atoms with Gasteiger partial charge in [-0.05, 0) is 38.8 Å². The van der Waals surface area contributed by atoms with Crippen molar-refractivity contribution in [1.82, 2.24) is 4.90 Å². The Hall–Kier alpha value is -0.550. The lowest BCUT2D eigenvalue weighted by Crippen LogP contribution is -2.31. The molecule has 0 unspecified atom stereocenters. The van der Waals surface area contributed by atoms with Gasteiger partial charge in [-0.1, -0.05) is 0 Å². The normalized spacial score (nSPS) is 43.8. The lowest BCUT2D eigenvalue weighted by molar-refractivity contribution is 0.263. The fraction of sp³-hybridized carbons (Fsp3) is 0.889. The van der Waals surface area contributed by atoms with Crippen LogP contribution in [0.1, 0.15) is 19.3 Å². The van der Waals surface area contributed by atoms with E-state index in [0.717, 1.165) is 12.3 Å². The molecule has 2 rings (SSSR count). The molecule has 1 heterocycles. The Morgan fingerprint density at radius 2 is 2.18 bits per heavy atom. The Labute approximate surface area is 67.8 Å². The Morgan fingerprint density at radius 1 is 1.36 bits per heavy atom. The molecule has 60 valence electrons. The first kappa shape index (κ1) is 7.12. The summed E-state index contributed by atoms with van der Waals surface area (Å²) in [6.07, 6.45) is 3.74. The van der Waals surface area contributed by atoms with Crippen LogP contribution >= 0.6 is 0 Å². The second-order valence-electron chi connectivity index (χ2n) is 3.83. The third-order valence-corrected chi connectivity index (χ3v) is 3.27. The zero-order valence-electron chi connectivity index (χ0n) is 6.95. The monoisotopic (exact) mass is 150 g/mol. The van der Waals surface area contributed by atoms with Gasteiger partial charge in [0.05, 0.1) is 12.0 Å². The van der Waals surface area contributed by atoms with Gasteiger partial charge in [0.1, 0.15) is 0 Å². The first-order chi connectivity index (χ1) is 5.33. The summed E-state index contributed by atoms with van der Waals surface area (Å²) in [6.45, 7) is 1.20. The van der Waals surface area contributed by atoms with Crippen LogP contribution in [-0.2, 0) is 0 Å². The van der Waals surface area contributed by atoms with E-state index in [0.29, 0.717) is 12.0 Å².